The summed E-state index contributed by atoms with van der Waals surface area (Å²) in [6, 6.07) is 6.99. The maximum Gasteiger partial charge on any atom is 0.328 e. The third kappa shape index (κ3) is 2.86. The van der Waals surface area contributed by atoms with Gasteiger partial charge < -0.3 is 14.4 Å². The first kappa shape index (κ1) is 13.4. The summed E-state index contributed by atoms with van der Waals surface area (Å²) < 4.78 is 9.82. The molecule has 0 bridgehead atoms. The number of carbonyl (C=O) groups is 2. The summed E-state index contributed by atoms with van der Waals surface area (Å²) in [7, 11) is 2.95. The lowest BCUT2D eigenvalue weighted by molar-refractivity contribution is -0.149. The number of ether oxygens (including phenoxy) is 2. The molecule has 0 saturated carbocycles. The number of likely N-dealkylation sites (tertiary alicyclic amines) is 1. The first-order chi connectivity index (χ1) is 9.15. The summed E-state index contributed by atoms with van der Waals surface area (Å²) >= 11 is 0. The number of esters is 1. The summed E-state index contributed by atoms with van der Waals surface area (Å²) in [6.45, 7) is 0.419. The predicted octanol–water partition coefficient (Wildman–Crippen LogP) is 1.36. The van der Waals surface area contributed by atoms with E-state index in [0.29, 0.717) is 19.4 Å². The minimum absolute atomic E-state index is 0.00813. The molecule has 1 aromatic rings. The molecule has 1 atom stereocenters. The van der Waals surface area contributed by atoms with Crippen LogP contribution in [0.2, 0.25) is 0 Å². The van der Waals surface area contributed by atoms with Crippen molar-refractivity contribution in [1.29, 1.82) is 0 Å². The van der Waals surface area contributed by atoms with Crippen molar-refractivity contribution in [3.05, 3.63) is 29.8 Å². The zero-order valence-corrected chi connectivity index (χ0v) is 11.1. The Morgan fingerprint density at radius 3 is 2.58 bits per heavy atom. The largest absolute Gasteiger partial charge is 0.497 e. The van der Waals surface area contributed by atoms with Gasteiger partial charge in [0.1, 0.15) is 11.8 Å². The third-order valence-electron chi connectivity index (χ3n) is 3.31. The van der Waals surface area contributed by atoms with Crippen LogP contribution in [0.5, 0.6) is 5.75 Å². The van der Waals surface area contributed by atoms with Crippen LogP contribution in [0.15, 0.2) is 24.3 Å². The smallest absolute Gasteiger partial charge is 0.328 e. The van der Waals surface area contributed by atoms with Crippen molar-refractivity contribution >= 4 is 11.9 Å². The topological polar surface area (TPSA) is 55.8 Å². The molecule has 102 valence electrons. The second-order valence-corrected chi connectivity index (χ2v) is 4.45. The highest BCUT2D eigenvalue weighted by atomic mass is 16.5. The fourth-order valence-electron chi connectivity index (χ4n) is 2.24. The summed E-state index contributed by atoms with van der Waals surface area (Å²) in [5.74, 6) is 0.409. The standard InChI is InChI=1S/C14H17NO4/c1-18-11-5-3-10(4-6-11)9-15-12(14(17)19-2)7-8-13(15)16/h3-6,12H,7-9H2,1-2H3/t12-/m0/s1. The first-order valence-electron chi connectivity index (χ1n) is 6.16. The van der Waals surface area contributed by atoms with Gasteiger partial charge in [0.2, 0.25) is 5.91 Å². The molecule has 1 aliphatic rings. The highest BCUT2D eigenvalue weighted by Crippen LogP contribution is 2.23. The van der Waals surface area contributed by atoms with Gasteiger partial charge in [-0.2, -0.15) is 0 Å². The van der Waals surface area contributed by atoms with Crippen molar-refractivity contribution in [3.8, 4) is 5.75 Å². The third-order valence-corrected chi connectivity index (χ3v) is 3.31. The van der Waals surface area contributed by atoms with Crippen LogP contribution in [-0.4, -0.2) is 37.0 Å². The van der Waals surface area contributed by atoms with Gasteiger partial charge in [-0.15, -0.1) is 0 Å². The molecular weight excluding hydrogens is 246 g/mol. The molecule has 1 heterocycles. The zero-order valence-electron chi connectivity index (χ0n) is 11.1. The number of nitrogens with zero attached hydrogens (tertiary/aromatic N) is 1. The van der Waals surface area contributed by atoms with E-state index >= 15 is 0 Å². The number of amides is 1. The Hall–Kier alpha value is -2.04. The zero-order chi connectivity index (χ0) is 13.8. The molecule has 0 aromatic heterocycles. The van der Waals surface area contributed by atoms with E-state index in [-0.39, 0.29) is 11.9 Å². The van der Waals surface area contributed by atoms with Gasteiger partial charge in [0.25, 0.3) is 0 Å². The van der Waals surface area contributed by atoms with Gasteiger partial charge in [-0.05, 0) is 24.1 Å². The van der Waals surface area contributed by atoms with Crippen LogP contribution in [0.3, 0.4) is 0 Å². The van der Waals surface area contributed by atoms with Crippen LogP contribution >= 0.6 is 0 Å². The van der Waals surface area contributed by atoms with E-state index < -0.39 is 6.04 Å². The average molecular weight is 263 g/mol. The molecule has 0 radical (unpaired) electrons. The Morgan fingerprint density at radius 2 is 2.00 bits per heavy atom. The molecule has 1 aliphatic heterocycles. The fraction of sp³-hybridized carbons (Fsp3) is 0.429. The number of methoxy groups -OCH3 is 2. The number of hydrogen-bond donors (Lipinski definition) is 0. The van der Waals surface area contributed by atoms with Crippen molar-refractivity contribution < 1.29 is 19.1 Å². The number of rotatable bonds is 4. The van der Waals surface area contributed by atoms with E-state index in [0.717, 1.165) is 11.3 Å². The van der Waals surface area contributed by atoms with Crippen LogP contribution in [0, 0.1) is 0 Å². The highest BCUT2D eigenvalue weighted by molar-refractivity contribution is 5.88. The van der Waals surface area contributed by atoms with E-state index in [1.807, 2.05) is 24.3 Å². The minimum atomic E-state index is -0.459. The summed E-state index contributed by atoms with van der Waals surface area (Å²) in [4.78, 5) is 25.0. The van der Waals surface area contributed by atoms with E-state index in [4.69, 9.17) is 9.47 Å². The fourth-order valence-corrected chi connectivity index (χ4v) is 2.24. The van der Waals surface area contributed by atoms with Gasteiger partial charge in [-0.25, -0.2) is 4.79 Å². The van der Waals surface area contributed by atoms with Gasteiger partial charge in [-0.3, -0.25) is 4.79 Å². The van der Waals surface area contributed by atoms with Crippen molar-refractivity contribution in [2.24, 2.45) is 0 Å². The number of benzene rings is 1. The van der Waals surface area contributed by atoms with Gasteiger partial charge in [0.15, 0.2) is 0 Å². The van der Waals surface area contributed by atoms with Crippen molar-refractivity contribution in [1.82, 2.24) is 4.90 Å². The van der Waals surface area contributed by atoms with Gasteiger partial charge in [0.05, 0.1) is 14.2 Å². The quantitative estimate of drug-likeness (QED) is 0.770. The maximum absolute atomic E-state index is 11.8. The molecule has 19 heavy (non-hydrogen) atoms. The highest BCUT2D eigenvalue weighted by Gasteiger charge is 2.36. The molecule has 0 unspecified atom stereocenters. The Kier molecular flexibility index (Phi) is 4.04. The second-order valence-electron chi connectivity index (χ2n) is 4.45. The summed E-state index contributed by atoms with van der Waals surface area (Å²) in [5.41, 5.74) is 0.963. The van der Waals surface area contributed by atoms with Crippen LogP contribution in [-0.2, 0) is 20.9 Å². The van der Waals surface area contributed by atoms with E-state index in [9.17, 15) is 9.59 Å². The lowest BCUT2D eigenvalue weighted by atomic mass is 10.2. The first-order valence-corrected chi connectivity index (χ1v) is 6.16. The Labute approximate surface area is 112 Å². The number of hydrogen-bond acceptors (Lipinski definition) is 4. The molecule has 0 aliphatic carbocycles. The molecule has 1 aromatic carbocycles. The molecule has 5 heteroatoms. The van der Waals surface area contributed by atoms with Crippen molar-refractivity contribution in [3.63, 3.8) is 0 Å². The van der Waals surface area contributed by atoms with Gasteiger partial charge in [-0.1, -0.05) is 12.1 Å². The normalized spacial score (nSPS) is 18.5. The van der Waals surface area contributed by atoms with Gasteiger partial charge in [0, 0.05) is 13.0 Å². The molecule has 2 rings (SSSR count). The molecule has 1 amide bonds. The Bertz CT molecular complexity index is 469. The van der Waals surface area contributed by atoms with Crippen LogP contribution < -0.4 is 4.74 Å². The lowest BCUT2D eigenvalue weighted by Crippen LogP contribution is -2.38. The molecular formula is C14H17NO4. The molecule has 5 nitrogen and oxygen atoms in total. The Morgan fingerprint density at radius 1 is 1.32 bits per heavy atom. The SMILES string of the molecule is COC(=O)[C@@H]1CCC(=O)N1Cc1ccc(OC)cc1. The predicted molar refractivity (Wildman–Crippen MR) is 68.6 cm³/mol. The van der Waals surface area contributed by atoms with Gasteiger partial charge >= 0.3 is 5.97 Å². The molecule has 1 fully saturated rings. The molecule has 0 N–H and O–H groups in total. The van der Waals surface area contributed by atoms with Crippen molar-refractivity contribution in [2.75, 3.05) is 14.2 Å². The van der Waals surface area contributed by atoms with Crippen LogP contribution in [0.25, 0.3) is 0 Å². The van der Waals surface area contributed by atoms with E-state index in [1.165, 1.54) is 7.11 Å². The molecule has 1 saturated heterocycles. The van der Waals surface area contributed by atoms with E-state index in [1.54, 1.807) is 12.0 Å². The second kappa shape index (κ2) is 5.73. The minimum Gasteiger partial charge on any atom is -0.497 e. The van der Waals surface area contributed by atoms with Crippen molar-refractivity contribution in [2.45, 2.75) is 25.4 Å². The maximum atomic E-state index is 11.8. The average Bonchev–Trinajstić information content (AvgIpc) is 2.80. The Balaban J connectivity index is 2.10. The number of carbonyl (C=O) groups excluding carboxylic acids is 2. The van der Waals surface area contributed by atoms with Crippen LogP contribution in [0.1, 0.15) is 18.4 Å². The lowest BCUT2D eigenvalue weighted by Gasteiger charge is -2.22. The molecule has 0 spiro atoms. The van der Waals surface area contributed by atoms with Crippen LogP contribution in [0.4, 0.5) is 0 Å². The monoisotopic (exact) mass is 263 g/mol. The van der Waals surface area contributed by atoms with E-state index in [2.05, 4.69) is 0 Å². The summed E-state index contributed by atoms with van der Waals surface area (Å²) in [5, 5.41) is 0. The summed E-state index contributed by atoms with van der Waals surface area (Å²) in [6.07, 6.45) is 0.928.